The van der Waals surface area contributed by atoms with Gasteiger partial charge < -0.3 is 14.7 Å². The molecule has 0 aliphatic carbocycles. The van der Waals surface area contributed by atoms with Crippen LogP contribution in [0.2, 0.25) is 0 Å². The lowest BCUT2D eigenvalue weighted by Crippen LogP contribution is -2.11. The zero-order valence-electron chi connectivity index (χ0n) is 17.3. The highest BCUT2D eigenvalue weighted by Gasteiger charge is 2.18. The summed E-state index contributed by atoms with van der Waals surface area (Å²) < 4.78 is 31.3. The van der Waals surface area contributed by atoms with E-state index in [-0.39, 0.29) is 4.90 Å². The predicted molar refractivity (Wildman–Crippen MR) is 124 cm³/mol. The molecule has 0 unspecified atom stereocenters. The molecule has 1 amide bonds. The minimum atomic E-state index is -3.27. The Morgan fingerprint density at radius 2 is 1.75 bits per heavy atom. The number of furan rings is 1. The van der Waals surface area contributed by atoms with Crippen molar-refractivity contribution in [1.29, 1.82) is 0 Å². The van der Waals surface area contributed by atoms with Gasteiger partial charge in [0.25, 0.3) is 0 Å². The number of hydrogen-bond acceptors (Lipinski definition) is 4. The molecular weight excluding hydrogens is 424 g/mol. The highest BCUT2D eigenvalue weighted by Crippen LogP contribution is 2.35. The van der Waals surface area contributed by atoms with Crippen LogP contribution in [0.25, 0.3) is 33.1 Å². The molecule has 0 fully saturated rings. The summed E-state index contributed by atoms with van der Waals surface area (Å²) in [6.07, 6.45) is 2.82. The summed E-state index contributed by atoms with van der Waals surface area (Å²) in [6, 6.07) is 22.1. The zero-order chi connectivity index (χ0) is 22.5. The Morgan fingerprint density at radius 3 is 2.41 bits per heavy atom. The number of sulfone groups is 1. The van der Waals surface area contributed by atoms with Gasteiger partial charge in [0.15, 0.2) is 9.84 Å². The number of primary amides is 1. The number of carbonyl (C=O) groups is 1. The van der Waals surface area contributed by atoms with E-state index < -0.39 is 15.7 Å². The summed E-state index contributed by atoms with van der Waals surface area (Å²) in [5.41, 5.74) is 9.79. The third-order valence-electron chi connectivity index (χ3n) is 5.65. The van der Waals surface area contributed by atoms with Crippen molar-refractivity contribution in [1.82, 2.24) is 4.57 Å². The van der Waals surface area contributed by atoms with Gasteiger partial charge >= 0.3 is 0 Å². The number of carbonyl (C=O) groups excluding carboxylic acids is 1. The van der Waals surface area contributed by atoms with Crippen molar-refractivity contribution in [2.24, 2.45) is 5.73 Å². The Labute approximate surface area is 184 Å². The van der Waals surface area contributed by atoms with Gasteiger partial charge in [-0.05, 0) is 48.0 Å². The number of rotatable bonds is 5. The molecule has 0 atom stereocenters. The SMILES string of the molecule is CS(=O)(=O)c1ccc(Cn2c3cc(-c4ccco4)ccc3c3c(C(N)=O)cccc32)cc1. The Bertz CT molecular complexity index is 1580. The number of fused-ring (bicyclic) bond motifs is 3. The summed E-state index contributed by atoms with van der Waals surface area (Å²) in [5.74, 6) is 0.263. The Kier molecular flexibility index (Phi) is 4.64. The Hall–Kier alpha value is -3.84. The van der Waals surface area contributed by atoms with E-state index in [2.05, 4.69) is 4.57 Å². The fraction of sp³-hybridized carbons (Fsp3) is 0.0800. The smallest absolute Gasteiger partial charge is 0.249 e. The molecule has 32 heavy (non-hydrogen) atoms. The Morgan fingerprint density at radius 1 is 0.969 bits per heavy atom. The lowest BCUT2D eigenvalue weighted by molar-refractivity contribution is 0.100. The van der Waals surface area contributed by atoms with Crippen molar-refractivity contribution in [3.05, 3.63) is 90.2 Å². The molecule has 0 aliphatic rings. The van der Waals surface area contributed by atoms with Crippen LogP contribution in [0, 0.1) is 0 Å². The van der Waals surface area contributed by atoms with Crippen LogP contribution < -0.4 is 5.73 Å². The van der Waals surface area contributed by atoms with Crippen LogP contribution in [0.5, 0.6) is 0 Å². The van der Waals surface area contributed by atoms with Crippen molar-refractivity contribution < 1.29 is 17.6 Å². The van der Waals surface area contributed by atoms with Gasteiger partial charge in [-0.1, -0.05) is 30.3 Å². The predicted octanol–water partition coefficient (Wildman–Crippen LogP) is 4.61. The van der Waals surface area contributed by atoms with E-state index in [0.29, 0.717) is 12.1 Å². The second-order valence-electron chi connectivity index (χ2n) is 7.78. The molecule has 0 radical (unpaired) electrons. The van der Waals surface area contributed by atoms with Gasteiger partial charge in [-0.2, -0.15) is 0 Å². The topological polar surface area (TPSA) is 95.3 Å². The van der Waals surface area contributed by atoms with Gasteiger partial charge in [0.05, 0.1) is 22.2 Å². The van der Waals surface area contributed by atoms with Crippen LogP contribution in [-0.4, -0.2) is 25.1 Å². The summed E-state index contributed by atoms with van der Waals surface area (Å²) in [5, 5.41) is 1.71. The monoisotopic (exact) mass is 444 g/mol. The quantitative estimate of drug-likeness (QED) is 0.428. The first-order valence-corrected chi connectivity index (χ1v) is 11.9. The van der Waals surface area contributed by atoms with Gasteiger partial charge in [-0.15, -0.1) is 0 Å². The molecule has 2 N–H and O–H groups in total. The van der Waals surface area contributed by atoms with Crippen molar-refractivity contribution in [3.8, 4) is 11.3 Å². The third kappa shape index (κ3) is 3.36. The molecule has 0 saturated heterocycles. The maximum Gasteiger partial charge on any atom is 0.249 e. The Balaban J connectivity index is 1.74. The molecule has 2 heterocycles. The molecule has 160 valence electrons. The van der Waals surface area contributed by atoms with E-state index >= 15 is 0 Å². The highest BCUT2D eigenvalue weighted by molar-refractivity contribution is 7.90. The average molecular weight is 445 g/mol. The molecule has 5 rings (SSSR count). The first kappa shape index (κ1) is 20.1. The molecule has 0 spiro atoms. The number of aromatic nitrogens is 1. The maximum absolute atomic E-state index is 12.2. The normalized spacial score (nSPS) is 11.9. The molecule has 2 aromatic heterocycles. The van der Waals surface area contributed by atoms with Crippen molar-refractivity contribution >= 4 is 37.6 Å². The van der Waals surface area contributed by atoms with Crippen LogP contribution >= 0.6 is 0 Å². The minimum absolute atomic E-state index is 0.277. The van der Waals surface area contributed by atoms with Crippen LogP contribution in [-0.2, 0) is 16.4 Å². The zero-order valence-corrected chi connectivity index (χ0v) is 18.1. The van der Waals surface area contributed by atoms with E-state index in [9.17, 15) is 13.2 Å². The highest BCUT2D eigenvalue weighted by atomic mass is 32.2. The van der Waals surface area contributed by atoms with E-state index in [0.717, 1.165) is 38.7 Å². The van der Waals surface area contributed by atoms with Gasteiger partial charge in [0, 0.05) is 34.7 Å². The lowest BCUT2D eigenvalue weighted by Gasteiger charge is -2.09. The molecule has 6 nitrogen and oxygen atoms in total. The van der Waals surface area contributed by atoms with Crippen LogP contribution in [0.3, 0.4) is 0 Å². The van der Waals surface area contributed by atoms with Gasteiger partial charge in [-0.3, -0.25) is 4.79 Å². The summed E-state index contributed by atoms with van der Waals surface area (Å²) in [7, 11) is -3.27. The van der Waals surface area contributed by atoms with Gasteiger partial charge in [-0.25, -0.2) is 8.42 Å². The van der Waals surface area contributed by atoms with Crippen molar-refractivity contribution in [2.75, 3.05) is 6.26 Å². The first-order valence-electron chi connectivity index (χ1n) is 10.0. The average Bonchev–Trinajstić information content (AvgIpc) is 3.40. The standard InChI is InChI=1S/C25H20N2O4S/c1-32(29,30)18-10-7-16(8-11-18)15-27-21-5-2-4-20(25(26)28)24(21)19-12-9-17(14-22(19)27)23-6-3-13-31-23/h2-14H,15H2,1H3,(H2,26,28). The molecule has 5 aromatic rings. The summed E-state index contributed by atoms with van der Waals surface area (Å²) >= 11 is 0. The number of benzene rings is 3. The molecular formula is C25H20N2O4S. The van der Waals surface area contributed by atoms with Gasteiger partial charge in [0.2, 0.25) is 5.91 Å². The molecule has 7 heteroatoms. The lowest BCUT2D eigenvalue weighted by atomic mass is 10.0. The van der Waals surface area contributed by atoms with Crippen molar-refractivity contribution in [3.63, 3.8) is 0 Å². The second kappa shape index (κ2) is 7.39. The van der Waals surface area contributed by atoms with Crippen molar-refractivity contribution in [2.45, 2.75) is 11.4 Å². The minimum Gasteiger partial charge on any atom is -0.464 e. The molecule has 0 saturated carbocycles. The number of nitrogens with zero attached hydrogens (tertiary/aromatic N) is 1. The summed E-state index contributed by atoms with van der Waals surface area (Å²) in [6.45, 7) is 0.494. The molecule has 0 bridgehead atoms. The van der Waals surface area contributed by atoms with Crippen LogP contribution in [0.1, 0.15) is 15.9 Å². The van der Waals surface area contributed by atoms with E-state index in [1.54, 1.807) is 24.5 Å². The number of hydrogen-bond donors (Lipinski definition) is 1. The number of nitrogens with two attached hydrogens (primary N) is 1. The van der Waals surface area contributed by atoms with Gasteiger partial charge in [0.1, 0.15) is 5.76 Å². The third-order valence-corrected chi connectivity index (χ3v) is 6.78. The fourth-order valence-corrected chi connectivity index (χ4v) is 4.77. The largest absolute Gasteiger partial charge is 0.464 e. The maximum atomic E-state index is 12.2. The second-order valence-corrected chi connectivity index (χ2v) is 9.79. The summed E-state index contributed by atoms with van der Waals surface area (Å²) in [4.78, 5) is 12.4. The molecule has 0 aliphatic heterocycles. The first-order chi connectivity index (χ1) is 15.3. The van der Waals surface area contributed by atoms with E-state index in [4.69, 9.17) is 10.2 Å². The fourth-order valence-electron chi connectivity index (χ4n) is 4.14. The van der Waals surface area contributed by atoms with Crippen LogP contribution in [0.4, 0.5) is 0 Å². The van der Waals surface area contributed by atoms with E-state index in [1.807, 2.05) is 54.6 Å². The van der Waals surface area contributed by atoms with E-state index in [1.165, 1.54) is 6.26 Å². The number of amides is 1. The van der Waals surface area contributed by atoms with Crippen LogP contribution in [0.15, 0.2) is 88.4 Å². The molecule has 3 aromatic carbocycles.